The molecule has 1 amide bonds. The van der Waals surface area contributed by atoms with Crippen LogP contribution in [0.2, 0.25) is 0 Å². The van der Waals surface area contributed by atoms with Gasteiger partial charge in [0, 0.05) is 16.0 Å². The van der Waals surface area contributed by atoms with Gasteiger partial charge in [0.1, 0.15) is 0 Å². The number of tetrazole rings is 1. The third-order valence-corrected chi connectivity index (χ3v) is 5.26. The van der Waals surface area contributed by atoms with Gasteiger partial charge in [-0.3, -0.25) is 4.79 Å². The van der Waals surface area contributed by atoms with E-state index in [0.29, 0.717) is 17.9 Å². The molecule has 3 aromatic carbocycles. The molecule has 1 N–H and O–H groups in total. The topological polar surface area (TPSA) is 85.1 Å². The third-order valence-electron chi connectivity index (χ3n) is 4.52. The average molecular weight is 429 g/mol. The fraction of sp³-hybridized carbons (Fsp3) is 0.0870. The van der Waals surface area contributed by atoms with Crippen LogP contribution < -0.4 is 5.43 Å². The van der Waals surface area contributed by atoms with Gasteiger partial charge in [-0.15, -0.1) is 22.0 Å². The zero-order valence-corrected chi connectivity index (χ0v) is 17.7. The molecule has 4 rings (SSSR count). The molecule has 8 heteroatoms. The molecule has 0 spiro atoms. The molecule has 1 heterocycles. The van der Waals surface area contributed by atoms with Crippen molar-refractivity contribution in [2.24, 2.45) is 5.10 Å². The molecule has 0 aliphatic heterocycles. The molecule has 154 valence electrons. The highest BCUT2D eigenvalue weighted by atomic mass is 32.2. The Bertz CT molecular complexity index is 1170. The molecular weight excluding hydrogens is 408 g/mol. The summed E-state index contributed by atoms with van der Waals surface area (Å²) in [4.78, 5) is 15.0. The molecule has 1 aromatic heterocycles. The van der Waals surface area contributed by atoms with E-state index >= 15 is 0 Å². The van der Waals surface area contributed by atoms with Gasteiger partial charge >= 0.3 is 0 Å². The number of carbonyl (C=O) groups excluding carboxylic acids is 1. The van der Waals surface area contributed by atoms with E-state index in [0.717, 1.165) is 16.7 Å². The Morgan fingerprint density at radius 1 is 1.03 bits per heavy atom. The van der Waals surface area contributed by atoms with E-state index in [1.807, 2.05) is 73.0 Å². The smallest absolute Gasteiger partial charge is 0.267 e. The maximum atomic E-state index is 12.3. The quantitative estimate of drug-likeness (QED) is 0.274. The zero-order valence-electron chi connectivity index (χ0n) is 16.8. The van der Waals surface area contributed by atoms with E-state index in [4.69, 9.17) is 0 Å². The van der Waals surface area contributed by atoms with Crippen molar-refractivity contribution in [2.45, 2.75) is 11.4 Å². The molecule has 31 heavy (non-hydrogen) atoms. The fourth-order valence-corrected chi connectivity index (χ4v) is 3.27. The fourth-order valence-electron chi connectivity index (χ4n) is 2.86. The first-order valence-electron chi connectivity index (χ1n) is 9.61. The Morgan fingerprint density at radius 3 is 2.48 bits per heavy atom. The molecule has 0 atom stereocenters. The molecular formula is C23H20N6OS. The standard InChI is InChI=1S/C23H20N6OS/c1-31-21-13-9-17(10-14-21)15-24-26-23(30)20-11-7-18(8-12-20)16-29-27-22(25-28-29)19-5-3-2-4-6-19/h2-15H,16H2,1H3,(H,26,30). The number of thioether (sulfide) groups is 1. The maximum absolute atomic E-state index is 12.3. The summed E-state index contributed by atoms with van der Waals surface area (Å²) < 4.78 is 0. The summed E-state index contributed by atoms with van der Waals surface area (Å²) in [7, 11) is 0. The molecule has 0 aliphatic rings. The lowest BCUT2D eigenvalue weighted by Gasteiger charge is -2.03. The lowest BCUT2D eigenvalue weighted by Crippen LogP contribution is -2.17. The Labute approximate surface area is 184 Å². The van der Waals surface area contributed by atoms with E-state index in [2.05, 4.69) is 25.9 Å². The predicted molar refractivity (Wildman–Crippen MR) is 122 cm³/mol. The Balaban J connectivity index is 1.34. The van der Waals surface area contributed by atoms with E-state index in [-0.39, 0.29) is 5.91 Å². The van der Waals surface area contributed by atoms with Crippen LogP contribution in [-0.2, 0) is 6.54 Å². The highest BCUT2D eigenvalue weighted by Crippen LogP contribution is 2.14. The molecule has 0 fully saturated rings. The van der Waals surface area contributed by atoms with Crippen molar-refractivity contribution in [3.05, 3.63) is 95.6 Å². The molecule has 0 bridgehead atoms. The van der Waals surface area contributed by atoms with Gasteiger partial charge in [0.2, 0.25) is 5.82 Å². The summed E-state index contributed by atoms with van der Waals surface area (Å²) in [6, 6.07) is 24.9. The number of carbonyl (C=O) groups is 1. The first kappa shape index (κ1) is 20.5. The molecule has 7 nitrogen and oxygen atoms in total. The number of nitrogens with zero attached hydrogens (tertiary/aromatic N) is 5. The summed E-state index contributed by atoms with van der Waals surface area (Å²) in [5.41, 5.74) is 5.88. The monoisotopic (exact) mass is 428 g/mol. The Morgan fingerprint density at radius 2 is 1.77 bits per heavy atom. The average Bonchev–Trinajstić information content (AvgIpc) is 3.29. The van der Waals surface area contributed by atoms with Crippen molar-refractivity contribution in [3.63, 3.8) is 0 Å². The van der Waals surface area contributed by atoms with Crippen LogP contribution in [0.5, 0.6) is 0 Å². The minimum absolute atomic E-state index is 0.270. The van der Waals surface area contributed by atoms with Crippen LogP contribution in [0.3, 0.4) is 0 Å². The van der Waals surface area contributed by atoms with E-state index in [1.54, 1.807) is 30.1 Å². The molecule has 0 saturated heterocycles. The SMILES string of the molecule is CSc1ccc(C=NNC(=O)c2ccc(Cn3nnc(-c4ccccc4)n3)cc2)cc1. The van der Waals surface area contributed by atoms with Crippen LogP contribution in [0.1, 0.15) is 21.5 Å². The highest BCUT2D eigenvalue weighted by molar-refractivity contribution is 7.98. The van der Waals surface area contributed by atoms with Crippen LogP contribution in [0, 0.1) is 0 Å². The van der Waals surface area contributed by atoms with Gasteiger partial charge < -0.3 is 0 Å². The summed E-state index contributed by atoms with van der Waals surface area (Å²) >= 11 is 1.68. The Hall–Kier alpha value is -3.78. The summed E-state index contributed by atoms with van der Waals surface area (Å²) in [5, 5.41) is 16.6. The van der Waals surface area contributed by atoms with Gasteiger partial charge in [0.05, 0.1) is 12.8 Å². The van der Waals surface area contributed by atoms with Crippen molar-refractivity contribution in [2.75, 3.05) is 6.26 Å². The van der Waals surface area contributed by atoms with Gasteiger partial charge in [-0.2, -0.15) is 9.90 Å². The van der Waals surface area contributed by atoms with Crippen molar-refractivity contribution in [1.82, 2.24) is 25.6 Å². The number of rotatable bonds is 7. The van der Waals surface area contributed by atoms with Gasteiger partial charge in [0.25, 0.3) is 5.91 Å². The first-order chi connectivity index (χ1) is 15.2. The first-order valence-corrected chi connectivity index (χ1v) is 10.8. The lowest BCUT2D eigenvalue weighted by atomic mass is 10.1. The lowest BCUT2D eigenvalue weighted by molar-refractivity contribution is 0.0955. The summed E-state index contributed by atoms with van der Waals surface area (Å²) in [6.07, 6.45) is 3.65. The normalized spacial score (nSPS) is 11.0. The number of benzene rings is 3. The van der Waals surface area contributed by atoms with Crippen molar-refractivity contribution >= 4 is 23.9 Å². The van der Waals surface area contributed by atoms with Crippen molar-refractivity contribution in [1.29, 1.82) is 0 Å². The minimum atomic E-state index is -0.270. The van der Waals surface area contributed by atoms with Gasteiger partial charge in [0.15, 0.2) is 0 Å². The van der Waals surface area contributed by atoms with Crippen LogP contribution in [0.15, 0.2) is 88.9 Å². The highest BCUT2D eigenvalue weighted by Gasteiger charge is 2.07. The molecule has 0 aliphatic carbocycles. The summed E-state index contributed by atoms with van der Waals surface area (Å²) in [6.45, 7) is 0.464. The van der Waals surface area contributed by atoms with Gasteiger partial charge in [-0.1, -0.05) is 54.6 Å². The van der Waals surface area contributed by atoms with E-state index in [1.165, 1.54) is 9.69 Å². The van der Waals surface area contributed by atoms with Gasteiger partial charge in [-0.25, -0.2) is 5.43 Å². The van der Waals surface area contributed by atoms with Crippen LogP contribution >= 0.6 is 11.8 Å². The second kappa shape index (κ2) is 9.82. The van der Waals surface area contributed by atoms with Crippen LogP contribution in [0.25, 0.3) is 11.4 Å². The third kappa shape index (κ3) is 5.43. The molecule has 4 aromatic rings. The predicted octanol–water partition coefficient (Wildman–Crippen LogP) is 3.87. The van der Waals surface area contributed by atoms with E-state index < -0.39 is 0 Å². The van der Waals surface area contributed by atoms with Crippen LogP contribution in [-0.4, -0.2) is 38.6 Å². The number of hydrogen-bond donors (Lipinski definition) is 1. The minimum Gasteiger partial charge on any atom is -0.267 e. The number of aromatic nitrogens is 4. The maximum Gasteiger partial charge on any atom is 0.271 e. The summed E-state index contributed by atoms with van der Waals surface area (Å²) in [5.74, 6) is 0.311. The number of hydrazone groups is 1. The van der Waals surface area contributed by atoms with Gasteiger partial charge in [-0.05, 0) is 46.9 Å². The molecule has 0 radical (unpaired) electrons. The number of hydrogen-bond acceptors (Lipinski definition) is 6. The largest absolute Gasteiger partial charge is 0.271 e. The second-order valence-corrected chi connectivity index (χ2v) is 7.56. The van der Waals surface area contributed by atoms with E-state index in [9.17, 15) is 4.79 Å². The molecule has 0 unspecified atom stereocenters. The second-order valence-electron chi connectivity index (χ2n) is 6.68. The number of amides is 1. The van der Waals surface area contributed by atoms with Crippen LogP contribution in [0.4, 0.5) is 0 Å². The van der Waals surface area contributed by atoms with Crippen molar-refractivity contribution in [3.8, 4) is 11.4 Å². The molecule has 0 saturated carbocycles. The number of nitrogens with one attached hydrogen (secondary N) is 1. The zero-order chi connectivity index (χ0) is 21.5. The van der Waals surface area contributed by atoms with Crippen molar-refractivity contribution < 1.29 is 4.79 Å². The Kier molecular flexibility index (Phi) is 6.49.